The van der Waals surface area contributed by atoms with Gasteiger partial charge < -0.3 is 0 Å². The number of nitrogens with zero attached hydrogens (tertiary/aromatic N) is 2. The topological polar surface area (TPSA) is 40.6 Å². The van der Waals surface area contributed by atoms with Crippen molar-refractivity contribution in [3.8, 4) is 0 Å². The Balaban J connectivity index is 1.78. The molecule has 0 aromatic heterocycles. The number of sulfonamides is 1. The van der Waals surface area contributed by atoms with E-state index >= 15 is 0 Å². The van der Waals surface area contributed by atoms with Crippen LogP contribution < -0.4 is 0 Å². The summed E-state index contributed by atoms with van der Waals surface area (Å²) in [5.74, 6) is 0. The highest BCUT2D eigenvalue weighted by Gasteiger charge is 2.41. The van der Waals surface area contributed by atoms with Crippen molar-refractivity contribution in [2.45, 2.75) is 56.6 Å². The fourth-order valence-corrected chi connectivity index (χ4v) is 5.72. The second kappa shape index (κ2) is 5.58. The highest BCUT2D eigenvalue weighted by molar-refractivity contribution is 9.10. The average Bonchev–Trinajstić information content (AvgIpc) is 2.69. The van der Waals surface area contributed by atoms with E-state index in [1.807, 2.05) is 12.1 Å². The van der Waals surface area contributed by atoms with E-state index in [0.29, 0.717) is 11.4 Å². The average molecular weight is 387 g/mol. The fourth-order valence-electron chi connectivity index (χ4n) is 3.45. The van der Waals surface area contributed by atoms with Crippen LogP contribution in [0.25, 0.3) is 0 Å². The van der Waals surface area contributed by atoms with E-state index in [1.165, 1.54) is 0 Å². The zero-order valence-electron chi connectivity index (χ0n) is 13.3. The molecule has 0 saturated carbocycles. The lowest BCUT2D eigenvalue weighted by Gasteiger charge is -2.42. The molecule has 0 aliphatic carbocycles. The van der Waals surface area contributed by atoms with Gasteiger partial charge in [0, 0.05) is 35.7 Å². The molecule has 2 heterocycles. The number of piperidine rings is 1. The molecular weight excluding hydrogens is 364 g/mol. The van der Waals surface area contributed by atoms with Crippen molar-refractivity contribution in [2.75, 3.05) is 13.1 Å². The molecular formula is C16H23BrN2O2S. The van der Waals surface area contributed by atoms with Gasteiger partial charge >= 0.3 is 0 Å². The zero-order valence-corrected chi connectivity index (χ0v) is 15.7. The van der Waals surface area contributed by atoms with Crippen LogP contribution in [0.1, 0.15) is 39.2 Å². The summed E-state index contributed by atoms with van der Waals surface area (Å²) in [6.45, 7) is 9.08. The minimum atomic E-state index is -3.32. The lowest BCUT2D eigenvalue weighted by Crippen LogP contribution is -2.50. The van der Waals surface area contributed by atoms with Crippen molar-refractivity contribution in [3.63, 3.8) is 0 Å². The van der Waals surface area contributed by atoms with Gasteiger partial charge in [0.25, 0.3) is 0 Å². The first-order valence-electron chi connectivity index (χ1n) is 7.75. The van der Waals surface area contributed by atoms with Crippen LogP contribution in [-0.2, 0) is 16.6 Å². The molecule has 0 atom stereocenters. The van der Waals surface area contributed by atoms with Gasteiger partial charge in [-0.2, -0.15) is 4.31 Å². The number of rotatable bonds is 1. The van der Waals surface area contributed by atoms with Crippen molar-refractivity contribution in [2.24, 2.45) is 0 Å². The predicted molar refractivity (Wildman–Crippen MR) is 91.2 cm³/mol. The van der Waals surface area contributed by atoms with Crippen molar-refractivity contribution < 1.29 is 8.42 Å². The fraction of sp³-hybridized carbons (Fsp3) is 0.625. The van der Waals surface area contributed by atoms with Crippen LogP contribution >= 0.6 is 15.9 Å². The second-order valence-corrected chi connectivity index (χ2v) is 9.97. The molecule has 122 valence electrons. The van der Waals surface area contributed by atoms with Gasteiger partial charge in [0.15, 0.2) is 0 Å². The highest BCUT2D eigenvalue weighted by Crippen LogP contribution is 2.36. The van der Waals surface area contributed by atoms with Crippen LogP contribution in [0.4, 0.5) is 0 Å². The summed E-state index contributed by atoms with van der Waals surface area (Å²) >= 11 is 3.43. The van der Waals surface area contributed by atoms with Gasteiger partial charge in [-0.25, -0.2) is 8.42 Å². The summed E-state index contributed by atoms with van der Waals surface area (Å²) in [7, 11) is -3.32. The van der Waals surface area contributed by atoms with E-state index < -0.39 is 10.0 Å². The smallest absolute Gasteiger partial charge is 0.243 e. The summed E-state index contributed by atoms with van der Waals surface area (Å²) in [4.78, 5) is 2.92. The number of hydrogen-bond acceptors (Lipinski definition) is 3. The highest BCUT2D eigenvalue weighted by atomic mass is 79.9. The number of hydrogen-bond donors (Lipinski definition) is 0. The molecule has 2 aliphatic heterocycles. The Morgan fingerprint density at radius 3 is 2.41 bits per heavy atom. The maximum absolute atomic E-state index is 12.8. The molecule has 0 bridgehead atoms. The molecule has 4 nitrogen and oxygen atoms in total. The van der Waals surface area contributed by atoms with Crippen molar-refractivity contribution in [1.29, 1.82) is 0 Å². The molecule has 0 unspecified atom stereocenters. The molecule has 0 radical (unpaired) electrons. The molecule has 0 spiro atoms. The number of likely N-dealkylation sites (tertiary alicyclic amines) is 1. The van der Waals surface area contributed by atoms with E-state index in [2.05, 4.69) is 41.6 Å². The first-order valence-corrected chi connectivity index (χ1v) is 9.98. The summed E-state index contributed by atoms with van der Waals surface area (Å²) < 4.78 is 28.2. The van der Waals surface area contributed by atoms with E-state index in [4.69, 9.17) is 0 Å². The lowest BCUT2D eigenvalue weighted by atomic mass is 9.98. The predicted octanol–water partition coefficient (Wildman–Crippen LogP) is 3.22. The van der Waals surface area contributed by atoms with Gasteiger partial charge in [-0.3, -0.25) is 4.90 Å². The molecule has 2 aliphatic rings. The monoisotopic (exact) mass is 386 g/mol. The van der Waals surface area contributed by atoms with Crippen LogP contribution in [-0.4, -0.2) is 42.3 Å². The number of benzene rings is 1. The van der Waals surface area contributed by atoms with Gasteiger partial charge in [-0.05, 0) is 57.4 Å². The Bertz CT molecular complexity index is 674. The molecule has 22 heavy (non-hydrogen) atoms. The Hall–Kier alpha value is -0.430. The Labute approximate surface area is 141 Å². The van der Waals surface area contributed by atoms with E-state index in [1.54, 1.807) is 10.4 Å². The van der Waals surface area contributed by atoms with E-state index in [0.717, 1.165) is 36.0 Å². The summed E-state index contributed by atoms with van der Waals surface area (Å²) in [6, 6.07) is 5.58. The molecule has 3 rings (SSSR count). The molecule has 1 aromatic rings. The lowest BCUT2D eigenvalue weighted by molar-refractivity contribution is 0.0796. The molecule has 1 saturated heterocycles. The van der Waals surface area contributed by atoms with Crippen molar-refractivity contribution >= 4 is 26.0 Å². The standard InChI is InChI=1S/C16H23BrN2O2S/c1-16(2,3)18-8-6-14(7-9-18)19-11-12-10-13(17)4-5-15(12)22(19,20)21/h4-5,10,14H,6-9,11H2,1-3H3. The maximum atomic E-state index is 12.8. The Kier molecular flexibility index (Phi) is 4.17. The van der Waals surface area contributed by atoms with Gasteiger partial charge in [-0.1, -0.05) is 15.9 Å². The normalized spacial score (nSPS) is 23.6. The zero-order chi connectivity index (χ0) is 16.1. The number of halogens is 1. The first kappa shape index (κ1) is 16.4. The maximum Gasteiger partial charge on any atom is 0.243 e. The third-order valence-corrected chi connectivity index (χ3v) is 7.25. The molecule has 1 aromatic carbocycles. The summed E-state index contributed by atoms with van der Waals surface area (Å²) in [6.07, 6.45) is 1.82. The van der Waals surface area contributed by atoms with E-state index in [-0.39, 0.29) is 11.6 Å². The van der Waals surface area contributed by atoms with Gasteiger partial charge in [-0.15, -0.1) is 0 Å². The first-order chi connectivity index (χ1) is 10.2. The summed E-state index contributed by atoms with van der Waals surface area (Å²) in [5, 5.41) is 0. The minimum absolute atomic E-state index is 0.120. The summed E-state index contributed by atoms with van der Waals surface area (Å²) in [5.41, 5.74) is 1.07. The van der Waals surface area contributed by atoms with Crippen LogP contribution in [0.5, 0.6) is 0 Å². The van der Waals surface area contributed by atoms with Crippen LogP contribution in [0, 0.1) is 0 Å². The van der Waals surface area contributed by atoms with Gasteiger partial charge in [0.2, 0.25) is 10.0 Å². The molecule has 0 amide bonds. The van der Waals surface area contributed by atoms with Crippen molar-refractivity contribution in [3.05, 3.63) is 28.2 Å². The van der Waals surface area contributed by atoms with Crippen LogP contribution in [0.15, 0.2) is 27.6 Å². The Morgan fingerprint density at radius 2 is 1.82 bits per heavy atom. The quantitative estimate of drug-likeness (QED) is 0.743. The van der Waals surface area contributed by atoms with Crippen LogP contribution in [0.3, 0.4) is 0 Å². The molecule has 0 N–H and O–H groups in total. The Morgan fingerprint density at radius 1 is 1.18 bits per heavy atom. The molecule has 1 fully saturated rings. The van der Waals surface area contributed by atoms with Gasteiger partial charge in [0.05, 0.1) is 4.90 Å². The largest absolute Gasteiger partial charge is 0.298 e. The van der Waals surface area contributed by atoms with E-state index in [9.17, 15) is 8.42 Å². The third-order valence-electron chi connectivity index (χ3n) is 4.76. The molecule has 6 heteroatoms. The number of fused-ring (bicyclic) bond motifs is 1. The van der Waals surface area contributed by atoms with Gasteiger partial charge in [0.1, 0.15) is 0 Å². The SMILES string of the molecule is CC(C)(C)N1CCC(N2Cc3cc(Br)ccc3S2(=O)=O)CC1. The minimum Gasteiger partial charge on any atom is -0.298 e. The third kappa shape index (κ3) is 2.86. The van der Waals surface area contributed by atoms with Crippen molar-refractivity contribution in [1.82, 2.24) is 9.21 Å². The van der Waals surface area contributed by atoms with Crippen LogP contribution in [0.2, 0.25) is 0 Å². The second-order valence-electron chi connectivity index (χ2n) is 7.19.